The first kappa shape index (κ1) is 13.4. The summed E-state index contributed by atoms with van der Waals surface area (Å²) in [6.07, 6.45) is 10.3. The average molecular weight is 291 g/mol. The molecule has 0 radical (unpaired) electrons. The lowest BCUT2D eigenvalue weighted by atomic mass is 9.90. The third-order valence-corrected chi connectivity index (χ3v) is 4.63. The third-order valence-electron chi connectivity index (χ3n) is 4.63. The average Bonchev–Trinajstić information content (AvgIpc) is 2.96. The van der Waals surface area contributed by atoms with Crippen LogP contribution in [0.15, 0.2) is 42.5 Å². The number of aromatic amines is 1. The normalized spacial score (nSPS) is 19.3. The molecule has 0 aliphatic heterocycles. The second-order valence-electron chi connectivity index (χ2n) is 6.19. The van der Waals surface area contributed by atoms with E-state index >= 15 is 0 Å². The first-order valence-electron chi connectivity index (χ1n) is 8.13. The minimum Gasteiger partial charge on any atom is -0.487 e. The summed E-state index contributed by atoms with van der Waals surface area (Å²) in [5.74, 6) is 1.44. The van der Waals surface area contributed by atoms with Gasteiger partial charge in [0.1, 0.15) is 12.4 Å². The van der Waals surface area contributed by atoms with Crippen molar-refractivity contribution in [1.29, 1.82) is 0 Å². The van der Waals surface area contributed by atoms with Crippen molar-refractivity contribution < 1.29 is 4.74 Å². The topological polar surface area (TPSA) is 25.0 Å². The highest BCUT2D eigenvalue weighted by molar-refractivity contribution is 5.57. The van der Waals surface area contributed by atoms with Gasteiger partial charge >= 0.3 is 0 Å². The fraction of sp³-hybridized carbons (Fsp3) is 0.300. The van der Waals surface area contributed by atoms with Gasteiger partial charge in [-0.25, -0.2) is 0 Å². The van der Waals surface area contributed by atoms with Crippen molar-refractivity contribution in [2.24, 2.45) is 0 Å². The minimum atomic E-state index is 0.463. The smallest absolute Gasteiger partial charge is 0.143 e. The molecule has 0 bridgehead atoms. The summed E-state index contributed by atoms with van der Waals surface area (Å²) >= 11 is 0. The number of nitrogens with one attached hydrogen (secondary N) is 1. The summed E-state index contributed by atoms with van der Waals surface area (Å²) in [5.41, 5.74) is 4.14. The molecule has 4 rings (SSSR count). The summed E-state index contributed by atoms with van der Waals surface area (Å²) in [4.78, 5) is 3.60. The van der Waals surface area contributed by atoms with Crippen LogP contribution in [-0.2, 0) is 17.8 Å². The zero-order valence-electron chi connectivity index (χ0n) is 12.9. The summed E-state index contributed by atoms with van der Waals surface area (Å²) < 4.78 is 6.11. The molecule has 22 heavy (non-hydrogen) atoms. The molecule has 0 amide bonds. The molecule has 1 aromatic carbocycles. The molecule has 112 valence electrons. The Balaban J connectivity index is 1.74. The number of hydrogen-bond acceptors (Lipinski definition) is 1. The zero-order valence-corrected chi connectivity index (χ0v) is 12.9. The predicted molar refractivity (Wildman–Crippen MR) is 89.6 cm³/mol. The van der Waals surface area contributed by atoms with Crippen molar-refractivity contribution in [3.05, 3.63) is 69.9 Å². The summed E-state index contributed by atoms with van der Waals surface area (Å²) in [6, 6.07) is 10.3. The monoisotopic (exact) mass is 291 g/mol. The second-order valence-corrected chi connectivity index (χ2v) is 6.19. The van der Waals surface area contributed by atoms with Crippen molar-refractivity contribution in [1.82, 2.24) is 4.98 Å². The van der Waals surface area contributed by atoms with E-state index in [9.17, 15) is 0 Å². The Morgan fingerprint density at radius 3 is 2.95 bits per heavy atom. The fourth-order valence-corrected chi connectivity index (χ4v) is 3.51. The molecule has 0 spiro atoms. The second kappa shape index (κ2) is 5.53. The van der Waals surface area contributed by atoms with E-state index in [1.54, 1.807) is 0 Å². The van der Waals surface area contributed by atoms with Gasteiger partial charge in [0.25, 0.3) is 0 Å². The molecule has 0 saturated heterocycles. The molecule has 1 heterocycles. The van der Waals surface area contributed by atoms with Crippen LogP contribution in [0.1, 0.15) is 42.4 Å². The van der Waals surface area contributed by atoms with Gasteiger partial charge in [0.15, 0.2) is 0 Å². The van der Waals surface area contributed by atoms with Gasteiger partial charge in [0.2, 0.25) is 0 Å². The van der Waals surface area contributed by atoms with Crippen molar-refractivity contribution in [2.45, 2.75) is 38.7 Å². The maximum atomic E-state index is 6.11. The lowest BCUT2D eigenvalue weighted by Crippen LogP contribution is -2.19. The molecule has 2 aromatic rings. The maximum absolute atomic E-state index is 6.11. The highest BCUT2D eigenvalue weighted by atomic mass is 16.5. The van der Waals surface area contributed by atoms with E-state index in [1.807, 2.05) is 6.07 Å². The van der Waals surface area contributed by atoms with Gasteiger partial charge < -0.3 is 9.72 Å². The Bertz CT molecular complexity index is 827. The van der Waals surface area contributed by atoms with E-state index in [4.69, 9.17) is 4.74 Å². The van der Waals surface area contributed by atoms with Crippen LogP contribution in [0.5, 0.6) is 0 Å². The van der Waals surface area contributed by atoms with E-state index in [1.165, 1.54) is 46.7 Å². The van der Waals surface area contributed by atoms with E-state index in [0.29, 0.717) is 12.5 Å². The van der Waals surface area contributed by atoms with Crippen LogP contribution in [0.2, 0.25) is 0 Å². The van der Waals surface area contributed by atoms with Gasteiger partial charge in [-0.05, 0) is 42.0 Å². The van der Waals surface area contributed by atoms with Gasteiger partial charge in [-0.15, -0.1) is 0 Å². The number of hydrogen-bond donors (Lipinski definition) is 1. The zero-order chi connectivity index (χ0) is 14.9. The number of H-pyrrole nitrogens is 1. The molecule has 1 unspecified atom stereocenters. The van der Waals surface area contributed by atoms with Gasteiger partial charge in [0.05, 0.1) is 5.35 Å². The van der Waals surface area contributed by atoms with E-state index in [0.717, 1.165) is 5.76 Å². The highest BCUT2D eigenvalue weighted by Gasteiger charge is 2.20. The minimum absolute atomic E-state index is 0.463. The Morgan fingerprint density at radius 1 is 1.23 bits per heavy atom. The molecule has 2 aliphatic rings. The SMILES string of the molecule is CC1C=CC(OCc2ccccc2)=c2[nH]c3c(c21)CCCC=3. The molecule has 1 aromatic heterocycles. The number of allylic oxidation sites excluding steroid dienone is 1. The Hall–Kier alpha value is -2.22. The molecule has 0 fully saturated rings. The molecule has 2 nitrogen and oxygen atoms in total. The quantitative estimate of drug-likeness (QED) is 0.923. The van der Waals surface area contributed by atoms with Crippen molar-refractivity contribution in [3.8, 4) is 0 Å². The molecule has 2 heteroatoms. The number of aromatic nitrogens is 1. The number of benzene rings is 1. The predicted octanol–water partition coefficient (Wildman–Crippen LogP) is 3.13. The van der Waals surface area contributed by atoms with E-state index in [-0.39, 0.29) is 0 Å². The van der Waals surface area contributed by atoms with Gasteiger partial charge in [0, 0.05) is 11.3 Å². The molecule has 2 aliphatic carbocycles. The van der Waals surface area contributed by atoms with Gasteiger partial charge in [-0.2, -0.15) is 0 Å². The maximum Gasteiger partial charge on any atom is 0.143 e. The van der Waals surface area contributed by atoms with Crippen LogP contribution in [0.25, 0.3) is 11.8 Å². The van der Waals surface area contributed by atoms with Crippen molar-refractivity contribution >= 4 is 11.8 Å². The first-order valence-corrected chi connectivity index (χ1v) is 8.13. The summed E-state index contributed by atoms with van der Waals surface area (Å²) in [5, 5.41) is 2.50. The van der Waals surface area contributed by atoms with Crippen molar-refractivity contribution in [3.63, 3.8) is 0 Å². The standard InChI is InChI=1S/C20H21NO/c1-14-11-12-18(22-13-15-7-3-2-4-8-15)20-19(14)16-9-5-6-10-17(16)21-20/h2-4,7-8,10-12,14,21H,5-6,9,13H2,1H3. The van der Waals surface area contributed by atoms with E-state index < -0.39 is 0 Å². The Morgan fingerprint density at radius 2 is 2.09 bits per heavy atom. The van der Waals surface area contributed by atoms with Crippen molar-refractivity contribution in [2.75, 3.05) is 0 Å². The number of rotatable bonds is 3. The molecular weight excluding hydrogens is 270 g/mol. The highest BCUT2D eigenvalue weighted by Crippen LogP contribution is 2.24. The molecule has 1 N–H and O–H groups in total. The number of ether oxygens (including phenoxy) is 1. The molecular formula is C20H21NO. The lowest BCUT2D eigenvalue weighted by molar-refractivity contribution is 0.262. The van der Waals surface area contributed by atoms with E-state index in [2.05, 4.69) is 54.4 Å². The van der Waals surface area contributed by atoms with Crippen LogP contribution in [-0.4, -0.2) is 4.98 Å². The van der Waals surface area contributed by atoms with Crippen LogP contribution >= 0.6 is 0 Å². The molecule has 0 saturated carbocycles. The molecule has 1 atom stereocenters. The Labute approximate surface area is 130 Å². The van der Waals surface area contributed by atoms with Crippen LogP contribution in [0.4, 0.5) is 0 Å². The van der Waals surface area contributed by atoms with Crippen LogP contribution in [0, 0.1) is 0 Å². The van der Waals surface area contributed by atoms with Crippen LogP contribution < -0.4 is 10.7 Å². The largest absolute Gasteiger partial charge is 0.487 e. The Kier molecular flexibility index (Phi) is 3.38. The summed E-state index contributed by atoms with van der Waals surface area (Å²) in [6.45, 7) is 2.88. The summed E-state index contributed by atoms with van der Waals surface area (Å²) in [7, 11) is 0. The fourth-order valence-electron chi connectivity index (χ4n) is 3.51. The van der Waals surface area contributed by atoms with Gasteiger partial charge in [-0.3, -0.25) is 0 Å². The van der Waals surface area contributed by atoms with Gasteiger partial charge in [-0.1, -0.05) is 49.4 Å². The van der Waals surface area contributed by atoms with Crippen LogP contribution in [0.3, 0.4) is 0 Å². The first-order chi connectivity index (χ1) is 10.8. The third kappa shape index (κ3) is 2.29. The number of fused-ring (bicyclic) bond motifs is 3. The lowest BCUT2D eigenvalue weighted by Gasteiger charge is -2.16.